The van der Waals surface area contributed by atoms with Crippen LogP contribution in [0.15, 0.2) is 24.3 Å². The maximum atomic E-state index is 11.8. The Kier molecular flexibility index (Phi) is 8.94. The number of piperidine rings is 1. The van der Waals surface area contributed by atoms with Crippen LogP contribution in [-0.2, 0) is 17.9 Å². The maximum absolute atomic E-state index is 11.8. The number of aliphatic hydroxyl groups excluding tert-OH is 1. The second-order valence-electron chi connectivity index (χ2n) is 7.05. The van der Waals surface area contributed by atoms with Crippen LogP contribution in [-0.4, -0.2) is 41.7 Å². The summed E-state index contributed by atoms with van der Waals surface area (Å²) in [5, 5.41) is 12.6. The van der Waals surface area contributed by atoms with Crippen LogP contribution in [0.2, 0.25) is 0 Å². The summed E-state index contributed by atoms with van der Waals surface area (Å²) in [6, 6.07) is 8.46. The van der Waals surface area contributed by atoms with E-state index in [4.69, 9.17) is 5.73 Å². The molecule has 0 aromatic heterocycles. The number of unbranched alkanes of at least 4 members (excludes halogenated alkanes) is 3. The number of rotatable bonds is 10. The summed E-state index contributed by atoms with van der Waals surface area (Å²) in [5.41, 5.74) is 7.88. The molecule has 1 aliphatic rings. The van der Waals surface area contributed by atoms with Gasteiger partial charge in [0, 0.05) is 32.6 Å². The minimum Gasteiger partial charge on any atom is -0.393 e. The number of aliphatic hydroxyl groups is 1. The van der Waals surface area contributed by atoms with E-state index in [2.05, 4.69) is 34.5 Å². The van der Waals surface area contributed by atoms with Crippen molar-refractivity contribution < 1.29 is 9.90 Å². The molecule has 2 rings (SSSR count). The van der Waals surface area contributed by atoms with E-state index >= 15 is 0 Å². The summed E-state index contributed by atoms with van der Waals surface area (Å²) in [6.45, 7) is 4.19. The van der Waals surface area contributed by atoms with Crippen molar-refractivity contribution >= 4 is 5.91 Å². The fraction of sp³-hybridized carbons (Fsp3) is 0.650. The lowest BCUT2D eigenvalue weighted by Gasteiger charge is -2.29. The zero-order chi connectivity index (χ0) is 17.9. The molecule has 0 saturated carbocycles. The number of carbonyl (C=O) groups is 1. The zero-order valence-electron chi connectivity index (χ0n) is 15.3. The van der Waals surface area contributed by atoms with Gasteiger partial charge in [-0.3, -0.25) is 9.69 Å². The normalized spacial score (nSPS) is 16.1. The molecular formula is C20H33N3O2. The van der Waals surface area contributed by atoms with E-state index in [0.717, 1.165) is 70.3 Å². The Bertz CT molecular complexity index is 496. The molecule has 0 bridgehead atoms. The van der Waals surface area contributed by atoms with E-state index in [0.29, 0.717) is 13.0 Å². The first kappa shape index (κ1) is 19.9. The topological polar surface area (TPSA) is 78.6 Å². The average molecular weight is 348 g/mol. The van der Waals surface area contributed by atoms with Gasteiger partial charge in [0.05, 0.1) is 6.10 Å². The van der Waals surface area contributed by atoms with Crippen LogP contribution >= 0.6 is 0 Å². The molecular weight excluding hydrogens is 314 g/mol. The monoisotopic (exact) mass is 347 g/mol. The number of benzene rings is 1. The number of likely N-dealkylation sites (tertiary alicyclic amines) is 1. The number of hydrogen-bond acceptors (Lipinski definition) is 4. The molecule has 140 valence electrons. The molecule has 1 aliphatic heterocycles. The Morgan fingerprint density at radius 2 is 1.72 bits per heavy atom. The van der Waals surface area contributed by atoms with E-state index in [1.54, 1.807) is 0 Å². The largest absolute Gasteiger partial charge is 0.393 e. The Hall–Kier alpha value is -1.43. The van der Waals surface area contributed by atoms with Gasteiger partial charge >= 0.3 is 0 Å². The van der Waals surface area contributed by atoms with Crippen LogP contribution in [0.1, 0.15) is 56.1 Å². The van der Waals surface area contributed by atoms with Gasteiger partial charge in [-0.2, -0.15) is 0 Å². The molecule has 1 saturated heterocycles. The van der Waals surface area contributed by atoms with Crippen LogP contribution in [0, 0.1) is 0 Å². The predicted octanol–water partition coefficient (Wildman–Crippen LogP) is 2.17. The molecule has 4 N–H and O–H groups in total. The van der Waals surface area contributed by atoms with Crippen LogP contribution < -0.4 is 11.1 Å². The number of amides is 1. The van der Waals surface area contributed by atoms with Crippen molar-refractivity contribution in [3.8, 4) is 0 Å². The van der Waals surface area contributed by atoms with Gasteiger partial charge in [-0.15, -0.1) is 0 Å². The first-order valence-electron chi connectivity index (χ1n) is 9.62. The highest BCUT2D eigenvalue weighted by Crippen LogP contribution is 2.14. The SMILES string of the molecule is NCCCCCCC(=O)NCc1ccc(CN2CCC(O)CC2)cc1. The molecule has 1 fully saturated rings. The second-order valence-corrected chi connectivity index (χ2v) is 7.05. The first-order valence-corrected chi connectivity index (χ1v) is 9.62. The van der Waals surface area contributed by atoms with Gasteiger partial charge in [0.1, 0.15) is 0 Å². The Balaban J connectivity index is 1.63. The fourth-order valence-corrected chi connectivity index (χ4v) is 3.17. The minimum absolute atomic E-state index is 0.122. The molecule has 5 nitrogen and oxygen atoms in total. The molecule has 1 amide bonds. The third-order valence-electron chi connectivity index (χ3n) is 4.83. The van der Waals surface area contributed by atoms with Crippen LogP contribution in [0.3, 0.4) is 0 Å². The molecule has 0 atom stereocenters. The number of nitrogens with two attached hydrogens (primary N) is 1. The highest BCUT2D eigenvalue weighted by molar-refractivity contribution is 5.75. The highest BCUT2D eigenvalue weighted by atomic mass is 16.3. The predicted molar refractivity (Wildman–Crippen MR) is 101 cm³/mol. The first-order chi connectivity index (χ1) is 12.2. The van der Waals surface area contributed by atoms with Gasteiger partial charge in [-0.25, -0.2) is 0 Å². The highest BCUT2D eigenvalue weighted by Gasteiger charge is 2.16. The minimum atomic E-state index is -0.122. The molecule has 0 radical (unpaired) electrons. The zero-order valence-corrected chi connectivity index (χ0v) is 15.3. The van der Waals surface area contributed by atoms with Crippen molar-refractivity contribution in [1.82, 2.24) is 10.2 Å². The number of nitrogens with zero attached hydrogens (tertiary/aromatic N) is 1. The molecule has 1 aromatic carbocycles. The molecule has 5 heteroatoms. The molecule has 0 aliphatic carbocycles. The van der Waals surface area contributed by atoms with Gasteiger partial charge in [-0.05, 0) is 43.4 Å². The van der Waals surface area contributed by atoms with E-state index in [9.17, 15) is 9.90 Å². The molecule has 25 heavy (non-hydrogen) atoms. The third kappa shape index (κ3) is 7.99. The van der Waals surface area contributed by atoms with Gasteiger partial charge in [0.25, 0.3) is 0 Å². The molecule has 1 aromatic rings. The van der Waals surface area contributed by atoms with Gasteiger partial charge < -0.3 is 16.2 Å². The van der Waals surface area contributed by atoms with Crippen molar-refractivity contribution in [3.63, 3.8) is 0 Å². The van der Waals surface area contributed by atoms with Gasteiger partial charge in [0.15, 0.2) is 0 Å². The summed E-state index contributed by atoms with van der Waals surface area (Å²) in [5.74, 6) is 0.128. The summed E-state index contributed by atoms with van der Waals surface area (Å²) in [4.78, 5) is 14.2. The maximum Gasteiger partial charge on any atom is 0.220 e. The lowest BCUT2D eigenvalue weighted by molar-refractivity contribution is -0.121. The van der Waals surface area contributed by atoms with Crippen molar-refractivity contribution in [3.05, 3.63) is 35.4 Å². The second kappa shape index (κ2) is 11.2. The smallest absolute Gasteiger partial charge is 0.220 e. The van der Waals surface area contributed by atoms with Crippen molar-refractivity contribution in [2.75, 3.05) is 19.6 Å². The van der Waals surface area contributed by atoms with Gasteiger partial charge in [-0.1, -0.05) is 37.1 Å². The van der Waals surface area contributed by atoms with E-state index < -0.39 is 0 Å². The number of carbonyl (C=O) groups excluding carboxylic acids is 1. The van der Waals surface area contributed by atoms with E-state index in [1.165, 1.54) is 5.56 Å². The Labute approximate surface area is 151 Å². The van der Waals surface area contributed by atoms with Crippen molar-refractivity contribution in [2.45, 2.75) is 64.1 Å². The Morgan fingerprint density at radius 3 is 2.40 bits per heavy atom. The number of hydrogen-bond donors (Lipinski definition) is 3. The van der Waals surface area contributed by atoms with Crippen molar-refractivity contribution in [1.29, 1.82) is 0 Å². The molecule has 0 spiro atoms. The summed E-state index contributed by atoms with van der Waals surface area (Å²) in [6.07, 6.45) is 6.40. The lowest BCUT2D eigenvalue weighted by atomic mass is 10.1. The molecule has 1 heterocycles. The van der Waals surface area contributed by atoms with Crippen molar-refractivity contribution in [2.24, 2.45) is 5.73 Å². The fourth-order valence-electron chi connectivity index (χ4n) is 3.17. The Morgan fingerprint density at radius 1 is 1.08 bits per heavy atom. The van der Waals surface area contributed by atoms with Crippen LogP contribution in [0.5, 0.6) is 0 Å². The number of nitrogens with one attached hydrogen (secondary N) is 1. The van der Waals surface area contributed by atoms with Crippen LogP contribution in [0.4, 0.5) is 0 Å². The van der Waals surface area contributed by atoms with E-state index in [-0.39, 0.29) is 12.0 Å². The molecule has 0 unspecified atom stereocenters. The van der Waals surface area contributed by atoms with E-state index in [1.807, 2.05) is 0 Å². The average Bonchev–Trinajstić information content (AvgIpc) is 2.63. The van der Waals surface area contributed by atoms with Gasteiger partial charge in [0.2, 0.25) is 5.91 Å². The summed E-state index contributed by atoms with van der Waals surface area (Å²) in [7, 11) is 0. The lowest BCUT2D eigenvalue weighted by Crippen LogP contribution is -2.35. The standard InChI is InChI=1S/C20H33N3O2/c21-12-4-2-1-3-5-20(25)22-15-17-6-8-18(9-7-17)16-23-13-10-19(24)11-14-23/h6-9,19,24H,1-5,10-16,21H2,(H,22,25). The third-order valence-corrected chi connectivity index (χ3v) is 4.83. The quantitative estimate of drug-likeness (QED) is 0.567. The van der Waals surface area contributed by atoms with Crippen LogP contribution in [0.25, 0.3) is 0 Å². The summed E-state index contributed by atoms with van der Waals surface area (Å²) < 4.78 is 0. The summed E-state index contributed by atoms with van der Waals surface area (Å²) >= 11 is 0.